The standard InChI is InChI=1S/C40H41F3N10S/c1-22-18-31-30(11-13-33-32(31)20-45-48-33)37(52(22)21-40(41,42)43)34-12-10-29(19-44-34)51-16-14-50(15-17-51)28-8-6-27(7-9-28)36-35-23(2)25(4)54-39(35)53-26(5)47-49-38(53)24(3)46-36/h6-13,19-20,22,24,37H,14-18,21H2,1-5H3,(H,45,48)/t22-,24+,37+/m1/s1. The maximum absolute atomic E-state index is 13.9. The van der Waals surface area contributed by atoms with E-state index in [1.165, 1.54) is 10.4 Å². The number of rotatable bonds is 5. The summed E-state index contributed by atoms with van der Waals surface area (Å²) < 4.78 is 43.8. The number of hydrogen-bond donors (Lipinski definition) is 1. The van der Waals surface area contributed by atoms with Crippen LogP contribution in [-0.2, 0) is 6.42 Å². The summed E-state index contributed by atoms with van der Waals surface area (Å²) in [4.78, 5) is 17.5. The van der Waals surface area contributed by atoms with Gasteiger partial charge in [0, 0.05) is 65.5 Å². The van der Waals surface area contributed by atoms with Gasteiger partial charge in [-0.15, -0.1) is 21.5 Å². The monoisotopic (exact) mass is 750 g/mol. The van der Waals surface area contributed by atoms with Gasteiger partial charge >= 0.3 is 6.18 Å². The zero-order valence-electron chi connectivity index (χ0n) is 30.8. The number of H-pyrrole nitrogens is 1. The van der Waals surface area contributed by atoms with Crippen molar-refractivity contribution in [1.82, 2.24) is 34.8 Å². The van der Waals surface area contributed by atoms with Crippen LogP contribution in [0.5, 0.6) is 0 Å². The number of pyridine rings is 1. The second kappa shape index (κ2) is 13.0. The first-order chi connectivity index (χ1) is 25.9. The van der Waals surface area contributed by atoms with Crippen molar-refractivity contribution in [2.75, 3.05) is 42.5 Å². The molecule has 0 radical (unpaired) electrons. The molecule has 1 saturated heterocycles. The van der Waals surface area contributed by atoms with Gasteiger partial charge in [-0.1, -0.05) is 18.2 Å². The number of nitrogens with zero attached hydrogens (tertiary/aromatic N) is 9. The summed E-state index contributed by atoms with van der Waals surface area (Å²) >= 11 is 1.76. The fourth-order valence-corrected chi connectivity index (χ4v) is 9.70. The molecule has 0 saturated carbocycles. The predicted molar refractivity (Wildman–Crippen MR) is 206 cm³/mol. The number of fused-ring (bicyclic) bond motifs is 6. The number of anilines is 2. The largest absolute Gasteiger partial charge is 0.401 e. The van der Waals surface area contributed by atoms with E-state index in [1.54, 1.807) is 16.2 Å². The quantitative estimate of drug-likeness (QED) is 0.194. The minimum absolute atomic E-state index is 0.133. The molecule has 2 aromatic carbocycles. The number of piperazine rings is 1. The lowest BCUT2D eigenvalue weighted by Crippen LogP contribution is -2.47. The van der Waals surface area contributed by atoms with E-state index in [0.29, 0.717) is 12.1 Å². The average Bonchev–Trinajstić information content (AvgIpc) is 3.85. The highest BCUT2D eigenvalue weighted by atomic mass is 32.1. The highest BCUT2D eigenvalue weighted by molar-refractivity contribution is 7.15. The molecule has 1 fully saturated rings. The number of alkyl halides is 3. The van der Waals surface area contributed by atoms with Gasteiger partial charge < -0.3 is 9.80 Å². The van der Waals surface area contributed by atoms with E-state index in [-0.39, 0.29) is 12.1 Å². The SMILES string of the molecule is Cc1sc2c(c1C)C(c1ccc(N3CCN(c4ccc([C@@H]5c6ccc7n[nH]cc7c6C[C@@H](C)N5CC(F)(F)F)nc4)CC3)cc1)=N[C@@H](C)c1nnc(C)n1-2. The van der Waals surface area contributed by atoms with E-state index in [4.69, 9.17) is 9.98 Å². The summed E-state index contributed by atoms with van der Waals surface area (Å²) in [5.41, 5.74) is 9.88. The van der Waals surface area contributed by atoms with Crippen LogP contribution in [0.2, 0.25) is 0 Å². The first-order valence-electron chi connectivity index (χ1n) is 18.4. The average molecular weight is 751 g/mol. The summed E-state index contributed by atoms with van der Waals surface area (Å²) in [5.74, 6) is 1.73. The van der Waals surface area contributed by atoms with E-state index >= 15 is 0 Å². The Balaban J connectivity index is 0.923. The Morgan fingerprint density at radius 1 is 0.889 bits per heavy atom. The molecule has 1 N–H and O–H groups in total. The molecule has 6 aromatic rings. The number of thiophene rings is 1. The Kier molecular flexibility index (Phi) is 8.38. The van der Waals surface area contributed by atoms with Crippen molar-refractivity contribution < 1.29 is 13.2 Å². The smallest absolute Gasteiger partial charge is 0.368 e. The second-order valence-corrected chi connectivity index (χ2v) is 15.9. The van der Waals surface area contributed by atoms with Crippen LogP contribution in [0.15, 0.2) is 65.9 Å². The Morgan fingerprint density at radius 3 is 2.31 bits per heavy atom. The van der Waals surface area contributed by atoms with Gasteiger partial charge in [0.25, 0.3) is 0 Å². The summed E-state index contributed by atoms with van der Waals surface area (Å²) in [6.45, 7) is 12.5. The number of hydrogen-bond acceptors (Lipinski definition) is 9. The molecule has 14 heteroatoms. The van der Waals surface area contributed by atoms with Crippen LogP contribution >= 0.6 is 11.3 Å². The van der Waals surface area contributed by atoms with Crippen LogP contribution in [0, 0.1) is 20.8 Å². The number of nitrogens with one attached hydrogen (secondary N) is 1. The van der Waals surface area contributed by atoms with Gasteiger partial charge in [-0.25, -0.2) is 0 Å². The van der Waals surface area contributed by atoms with Gasteiger partial charge in [0.1, 0.15) is 16.9 Å². The molecule has 0 amide bonds. The number of halogens is 3. The van der Waals surface area contributed by atoms with Gasteiger partial charge in [0.2, 0.25) is 0 Å². The fourth-order valence-electron chi connectivity index (χ4n) is 8.49. The van der Waals surface area contributed by atoms with Gasteiger partial charge in [-0.05, 0) is 88.1 Å². The van der Waals surface area contributed by atoms with Crippen molar-refractivity contribution in [3.8, 4) is 5.00 Å². The van der Waals surface area contributed by atoms with Crippen LogP contribution in [0.4, 0.5) is 24.5 Å². The molecular weight excluding hydrogens is 710 g/mol. The minimum Gasteiger partial charge on any atom is -0.368 e. The summed E-state index contributed by atoms with van der Waals surface area (Å²) in [7, 11) is 0. The molecule has 3 aliphatic rings. The Bertz CT molecular complexity index is 2380. The highest BCUT2D eigenvalue weighted by Gasteiger charge is 2.42. The fraction of sp³-hybridized carbons (Fsp3) is 0.375. The van der Waals surface area contributed by atoms with Gasteiger partial charge in [0.05, 0.1) is 41.4 Å². The molecule has 0 aliphatic carbocycles. The molecule has 0 unspecified atom stereocenters. The van der Waals surface area contributed by atoms with Crippen LogP contribution in [0.25, 0.3) is 15.9 Å². The molecule has 3 atom stereocenters. The number of aryl methyl sites for hydroxylation is 2. The number of aromatic amines is 1. The van der Waals surface area contributed by atoms with Crippen molar-refractivity contribution in [2.24, 2.45) is 4.99 Å². The van der Waals surface area contributed by atoms with E-state index < -0.39 is 18.8 Å². The molecule has 278 valence electrons. The van der Waals surface area contributed by atoms with E-state index in [2.05, 4.69) is 79.8 Å². The molecule has 3 aliphatic heterocycles. The summed E-state index contributed by atoms with van der Waals surface area (Å²) in [6, 6.07) is 15.4. The Hall–Kier alpha value is -5.08. The third-order valence-corrected chi connectivity index (χ3v) is 12.6. The van der Waals surface area contributed by atoms with E-state index in [0.717, 1.165) is 93.1 Å². The maximum Gasteiger partial charge on any atom is 0.401 e. The number of aromatic nitrogens is 6. The number of aliphatic imine (C=N–C) groups is 1. The zero-order valence-corrected chi connectivity index (χ0v) is 31.6. The van der Waals surface area contributed by atoms with Crippen LogP contribution in [0.1, 0.15) is 76.0 Å². The summed E-state index contributed by atoms with van der Waals surface area (Å²) in [6.07, 6.45) is -0.163. The lowest BCUT2D eigenvalue weighted by Gasteiger charge is -2.42. The van der Waals surface area contributed by atoms with Crippen LogP contribution in [0.3, 0.4) is 0 Å². The Morgan fingerprint density at radius 2 is 1.61 bits per heavy atom. The third-order valence-electron chi connectivity index (χ3n) is 11.4. The van der Waals surface area contributed by atoms with Gasteiger partial charge in [-0.3, -0.25) is 24.5 Å². The molecule has 10 nitrogen and oxygen atoms in total. The van der Waals surface area contributed by atoms with Crippen molar-refractivity contribution in [2.45, 2.75) is 65.3 Å². The molecule has 0 bridgehead atoms. The molecular formula is C40H41F3N10S. The second-order valence-electron chi connectivity index (χ2n) is 14.7. The summed E-state index contributed by atoms with van der Waals surface area (Å²) in [5, 5.41) is 18.2. The number of benzene rings is 2. The van der Waals surface area contributed by atoms with E-state index in [9.17, 15) is 13.2 Å². The Labute approximate surface area is 315 Å². The van der Waals surface area contributed by atoms with Crippen molar-refractivity contribution in [3.05, 3.63) is 111 Å². The third kappa shape index (κ3) is 5.86. The topological polar surface area (TPSA) is 94.4 Å². The van der Waals surface area contributed by atoms with Crippen molar-refractivity contribution >= 4 is 39.3 Å². The van der Waals surface area contributed by atoms with Crippen molar-refractivity contribution in [3.63, 3.8) is 0 Å². The van der Waals surface area contributed by atoms with Crippen molar-refractivity contribution in [1.29, 1.82) is 0 Å². The molecule has 0 spiro atoms. The minimum atomic E-state index is -4.33. The van der Waals surface area contributed by atoms with Crippen LogP contribution < -0.4 is 9.80 Å². The van der Waals surface area contributed by atoms with E-state index in [1.807, 2.05) is 50.5 Å². The lowest BCUT2D eigenvalue weighted by molar-refractivity contribution is -0.155. The molecule has 7 heterocycles. The van der Waals surface area contributed by atoms with Gasteiger partial charge in [-0.2, -0.15) is 18.3 Å². The predicted octanol–water partition coefficient (Wildman–Crippen LogP) is 7.66. The lowest BCUT2D eigenvalue weighted by atomic mass is 9.85. The normalized spacial score (nSPS) is 20.4. The highest BCUT2D eigenvalue weighted by Crippen LogP contribution is 2.42. The van der Waals surface area contributed by atoms with Crippen LogP contribution in [-0.4, -0.2) is 85.5 Å². The molecule has 9 rings (SSSR count). The zero-order chi connectivity index (χ0) is 37.5. The maximum atomic E-state index is 13.9. The first-order valence-corrected chi connectivity index (χ1v) is 19.2. The molecule has 54 heavy (non-hydrogen) atoms. The first kappa shape index (κ1) is 34.7. The molecule has 4 aromatic heterocycles. The van der Waals surface area contributed by atoms with Gasteiger partial charge in [0.15, 0.2) is 5.82 Å².